The number of nitrogens with one attached hydrogen (secondary N) is 1. The normalized spacial score (nSPS) is 15.7. The number of fused-ring (bicyclic) bond motifs is 1. The summed E-state index contributed by atoms with van der Waals surface area (Å²) in [5, 5.41) is 7.70. The van der Waals surface area contributed by atoms with E-state index in [0.29, 0.717) is 11.3 Å². The molecule has 0 radical (unpaired) electrons. The van der Waals surface area contributed by atoms with Crippen LogP contribution in [-0.2, 0) is 14.8 Å². The van der Waals surface area contributed by atoms with Crippen molar-refractivity contribution in [3.8, 4) is 0 Å². The first-order valence-electron chi connectivity index (χ1n) is 6.31. The quantitative estimate of drug-likeness (QED) is 0.830. The zero-order valence-corrected chi connectivity index (χ0v) is 12.0. The molecule has 1 aliphatic rings. The van der Waals surface area contributed by atoms with Gasteiger partial charge >= 0.3 is 0 Å². The molecule has 1 amide bonds. The summed E-state index contributed by atoms with van der Waals surface area (Å²) >= 11 is 0. The smallest absolute Gasteiger partial charge is 0.256 e. The summed E-state index contributed by atoms with van der Waals surface area (Å²) in [4.78, 5) is 11.9. The molecule has 5 nitrogen and oxygen atoms in total. The molecule has 3 rings (SSSR count). The largest absolute Gasteiger partial charge is 0.321 e. The van der Waals surface area contributed by atoms with Crippen molar-refractivity contribution in [1.82, 2.24) is 0 Å². The van der Waals surface area contributed by atoms with Gasteiger partial charge in [0.2, 0.25) is 10.0 Å². The monoisotopic (exact) mass is 318 g/mol. The number of anilines is 1. The highest BCUT2D eigenvalue weighted by molar-refractivity contribution is 7.89. The first kappa shape index (κ1) is 14.4. The van der Waals surface area contributed by atoms with Gasteiger partial charge in [0.25, 0.3) is 5.91 Å². The first-order valence-corrected chi connectivity index (χ1v) is 7.86. The zero-order valence-electron chi connectivity index (χ0n) is 11.2. The van der Waals surface area contributed by atoms with Gasteiger partial charge < -0.3 is 5.32 Å². The number of sulfonamides is 1. The van der Waals surface area contributed by atoms with Gasteiger partial charge in [0.15, 0.2) is 0 Å². The fraction of sp³-hybridized carbons (Fsp3) is 0. The van der Waals surface area contributed by atoms with Gasteiger partial charge in [-0.25, -0.2) is 17.9 Å². The number of rotatable bonds is 2. The first-order chi connectivity index (χ1) is 10.4. The fourth-order valence-electron chi connectivity index (χ4n) is 2.24. The Kier molecular flexibility index (Phi) is 3.31. The standard InChI is InChI=1S/C15H11FN2O3S/c16-13-4-2-1-3-9(13)7-12-11-8-10(22(17,20)21)5-6-14(11)18-15(12)19/h1-8H,(H,18,19)(H2,17,20,21). The van der Waals surface area contributed by atoms with E-state index in [4.69, 9.17) is 5.14 Å². The third-order valence-corrected chi connectivity index (χ3v) is 4.22. The predicted molar refractivity (Wildman–Crippen MR) is 80.7 cm³/mol. The van der Waals surface area contributed by atoms with Crippen LogP contribution in [0.15, 0.2) is 47.4 Å². The van der Waals surface area contributed by atoms with Gasteiger partial charge in [-0.1, -0.05) is 18.2 Å². The minimum atomic E-state index is -3.89. The van der Waals surface area contributed by atoms with Crippen LogP contribution in [-0.4, -0.2) is 14.3 Å². The van der Waals surface area contributed by atoms with E-state index in [2.05, 4.69) is 5.32 Å². The molecule has 0 aliphatic carbocycles. The molecule has 3 N–H and O–H groups in total. The topological polar surface area (TPSA) is 89.3 Å². The van der Waals surface area contributed by atoms with Crippen molar-refractivity contribution in [2.45, 2.75) is 4.90 Å². The van der Waals surface area contributed by atoms with Crippen LogP contribution < -0.4 is 10.5 Å². The number of amides is 1. The van der Waals surface area contributed by atoms with Crippen LogP contribution >= 0.6 is 0 Å². The van der Waals surface area contributed by atoms with Gasteiger partial charge in [0.1, 0.15) is 5.82 Å². The number of carbonyl (C=O) groups is 1. The molecule has 1 heterocycles. The summed E-state index contributed by atoms with van der Waals surface area (Å²) < 4.78 is 36.6. The Morgan fingerprint density at radius 1 is 1.14 bits per heavy atom. The van der Waals surface area contributed by atoms with E-state index in [9.17, 15) is 17.6 Å². The summed E-state index contributed by atoms with van der Waals surface area (Å²) in [7, 11) is -3.89. The van der Waals surface area contributed by atoms with Crippen LogP contribution in [0, 0.1) is 5.82 Å². The molecule has 22 heavy (non-hydrogen) atoms. The molecular weight excluding hydrogens is 307 g/mol. The molecule has 7 heteroatoms. The molecule has 2 aromatic carbocycles. The van der Waals surface area contributed by atoms with E-state index in [1.807, 2.05) is 0 Å². The highest BCUT2D eigenvalue weighted by Gasteiger charge is 2.26. The molecule has 2 aromatic rings. The van der Waals surface area contributed by atoms with Gasteiger partial charge in [-0.15, -0.1) is 0 Å². The minimum Gasteiger partial charge on any atom is -0.321 e. The Balaban J connectivity index is 2.17. The average molecular weight is 318 g/mol. The second-order valence-electron chi connectivity index (χ2n) is 4.79. The summed E-state index contributed by atoms with van der Waals surface area (Å²) in [6.07, 6.45) is 1.38. The molecule has 0 bridgehead atoms. The molecule has 0 aromatic heterocycles. The Bertz CT molecular complexity index is 920. The molecule has 1 aliphatic heterocycles. The maximum atomic E-state index is 13.7. The van der Waals surface area contributed by atoms with Crippen molar-refractivity contribution in [3.63, 3.8) is 0 Å². The van der Waals surface area contributed by atoms with Gasteiger partial charge in [0, 0.05) is 22.4 Å². The zero-order chi connectivity index (χ0) is 15.9. The second-order valence-corrected chi connectivity index (χ2v) is 6.35. The van der Waals surface area contributed by atoms with E-state index in [-0.39, 0.29) is 16.0 Å². The number of nitrogens with two attached hydrogens (primary N) is 1. The number of halogens is 1. The molecule has 0 saturated heterocycles. The van der Waals surface area contributed by atoms with Crippen molar-refractivity contribution in [2.24, 2.45) is 5.14 Å². The molecule has 0 fully saturated rings. The predicted octanol–water partition coefficient (Wildman–Crippen LogP) is 1.97. The lowest BCUT2D eigenvalue weighted by Crippen LogP contribution is -2.12. The van der Waals surface area contributed by atoms with Crippen molar-refractivity contribution in [2.75, 3.05) is 5.32 Å². The van der Waals surface area contributed by atoms with Crippen LogP contribution in [0.25, 0.3) is 11.6 Å². The van der Waals surface area contributed by atoms with E-state index in [1.165, 1.54) is 36.4 Å². The minimum absolute atomic E-state index is 0.109. The number of benzene rings is 2. The van der Waals surface area contributed by atoms with E-state index < -0.39 is 21.7 Å². The van der Waals surface area contributed by atoms with Crippen molar-refractivity contribution >= 4 is 33.3 Å². The third-order valence-electron chi connectivity index (χ3n) is 3.31. The molecule has 112 valence electrons. The van der Waals surface area contributed by atoms with E-state index in [0.717, 1.165) is 0 Å². The summed E-state index contributed by atoms with van der Waals surface area (Å²) in [6.45, 7) is 0. The van der Waals surface area contributed by atoms with E-state index in [1.54, 1.807) is 12.1 Å². The lowest BCUT2D eigenvalue weighted by molar-refractivity contribution is -0.110. The van der Waals surface area contributed by atoms with Crippen molar-refractivity contribution < 1.29 is 17.6 Å². The van der Waals surface area contributed by atoms with Crippen LogP contribution in [0.3, 0.4) is 0 Å². The Morgan fingerprint density at radius 2 is 1.86 bits per heavy atom. The second kappa shape index (κ2) is 5.04. The SMILES string of the molecule is NS(=O)(=O)c1ccc2c(c1)C(=Cc1ccccc1F)C(=O)N2. The van der Waals surface area contributed by atoms with Crippen molar-refractivity contribution in [3.05, 3.63) is 59.4 Å². The summed E-state index contributed by atoms with van der Waals surface area (Å²) in [5.41, 5.74) is 1.26. The number of primary sulfonamides is 1. The lowest BCUT2D eigenvalue weighted by Gasteiger charge is -2.03. The Labute approximate surface area is 126 Å². The Hall–Kier alpha value is -2.51. The molecular formula is C15H11FN2O3S. The molecule has 0 atom stereocenters. The average Bonchev–Trinajstić information content (AvgIpc) is 2.76. The van der Waals surface area contributed by atoms with Gasteiger partial charge in [-0.2, -0.15) is 0 Å². The maximum Gasteiger partial charge on any atom is 0.256 e. The summed E-state index contributed by atoms with van der Waals surface area (Å²) in [5.74, 6) is -0.899. The van der Waals surface area contributed by atoms with Crippen molar-refractivity contribution in [1.29, 1.82) is 0 Å². The number of hydrogen-bond donors (Lipinski definition) is 2. The molecule has 0 saturated carbocycles. The lowest BCUT2D eigenvalue weighted by atomic mass is 10.0. The van der Waals surface area contributed by atoms with Crippen LogP contribution in [0.4, 0.5) is 10.1 Å². The van der Waals surface area contributed by atoms with Crippen LogP contribution in [0.5, 0.6) is 0 Å². The van der Waals surface area contributed by atoms with Gasteiger partial charge in [-0.05, 0) is 30.3 Å². The van der Waals surface area contributed by atoms with Gasteiger partial charge in [0.05, 0.1) is 4.90 Å². The highest BCUT2D eigenvalue weighted by atomic mass is 32.2. The maximum absolute atomic E-state index is 13.7. The molecule has 0 spiro atoms. The third kappa shape index (κ3) is 2.51. The van der Waals surface area contributed by atoms with Crippen LogP contribution in [0.1, 0.15) is 11.1 Å². The molecule has 0 unspecified atom stereocenters. The number of hydrogen-bond acceptors (Lipinski definition) is 3. The number of carbonyl (C=O) groups excluding carboxylic acids is 1. The van der Waals surface area contributed by atoms with Gasteiger partial charge in [-0.3, -0.25) is 4.79 Å². The van der Waals surface area contributed by atoms with E-state index >= 15 is 0 Å². The Morgan fingerprint density at radius 3 is 2.55 bits per heavy atom. The fourth-order valence-corrected chi connectivity index (χ4v) is 2.77. The van der Waals surface area contributed by atoms with Crippen LogP contribution in [0.2, 0.25) is 0 Å². The summed E-state index contributed by atoms with van der Waals surface area (Å²) in [6, 6.07) is 10.0. The highest BCUT2D eigenvalue weighted by Crippen LogP contribution is 2.34.